The minimum atomic E-state index is -3.10. The maximum atomic E-state index is 10.5. The van der Waals surface area contributed by atoms with Crippen molar-refractivity contribution in [2.24, 2.45) is 0 Å². The molecule has 0 saturated carbocycles. The lowest BCUT2D eigenvalue weighted by Gasteiger charge is -2.35. The van der Waals surface area contributed by atoms with Crippen LogP contribution in [0.15, 0.2) is 97.1 Å². The molecule has 0 spiro atoms. The molecule has 6 rings (SSSR count). The van der Waals surface area contributed by atoms with Crippen LogP contribution >= 0.6 is 0 Å². The first kappa shape index (κ1) is 33.0. The normalized spacial score (nSPS) is 19.3. The van der Waals surface area contributed by atoms with Gasteiger partial charge < -0.3 is 18.6 Å². The molecule has 2 heterocycles. The fraction of sp³-hybridized carbons (Fsp3) is 0.316. The van der Waals surface area contributed by atoms with Crippen LogP contribution in [0.2, 0.25) is 0 Å². The van der Waals surface area contributed by atoms with E-state index in [4.69, 9.17) is 18.6 Å². The van der Waals surface area contributed by atoms with Gasteiger partial charge in [0.15, 0.2) is 8.07 Å². The molecule has 0 aromatic heterocycles. The van der Waals surface area contributed by atoms with Crippen molar-refractivity contribution in [2.75, 3.05) is 0 Å². The molecule has 2 aliphatic rings. The second-order valence-corrected chi connectivity index (χ2v) is 18.3. The highest BCUT2D eigenvalue weighted by atomic mass is 28.3. The molecule has 4 aromatic rings. The van der Waals surface area contributed by atoms with E-state index in [-0.39, 0.29) is 0 Å². The topological polar surface area (TPSA) is 84.5 Å². The molecule has 2 fully saturated rings. The van der Waals surface area contributed by atoms with Gasteiger partial charge in [-0.25, -0.2) is 0 Å². The summed E-state index contributed by atoms with van der Waals surface area (Å²) in [6.07, 6.45) is 0. The van der Waals surface area contributed by atoms with Gasteiger partial charge in [0.25, 0.3) is 0 Å². The Hall–Kier alpha value is -3.95. The van der Waals surface area contributed by atoms with E-state index in [1.807, 2.05) is 116 Å². The van der Waals surface area contributed by atoms with Crippen molar-refractivity contribution in [3.05, 3.63) is 108 Å². The molecule has 47 heavy (non-hydrogen) atoms. The standard InChI is InChI=1S/C38H40B2N2O4Si/c1-35(2)36(3,4)44-39(43-35)33-21-19-31(23-27(33)25-41)47(29-15-11-9-12-16-29,30-17-13-10-14-18-30)32-20-22-34(28(24-32)26-42)40-45-37(5,6)38(7,8)46-40/h9-24H,1-8H3. The van der Waals surface area contributed by atoms with Crippen molar-refractivity contribution in [2.45, 2.75) is 77.8 Å². The van der Waals surface area contributed by atoms with Crippen LogP contribution in [0, 0.1) is 22.7 Å². The van der Waals surface area contributed by atoms with Gasteiger partial charge in [0.2, 0.25) is 0 Å². The van der Waals surface area contributed by atoms with E-state index in [1.165, 1.54) is 0 Å². The largest absolute Gasteiger partial charge is 0.496 e. The molecule has 0 aliphatic carbocycles. The molecule has 0 radical (unpaired) electrons. The smallest absolute Gasteiger partial charge is 0.399 e. The summed E-state index contributed by atoms with van der Waals surface area (Å²) >= 11 is 0. The van der Waals surface area contributed by atoms with Crippen LogP contribution in [0.1, 0.15) is 66.5 Å². The zero-order chi connectivity index (χ0) is 33.8. The molecule has 0 amide bonds. The van der Waals surface area contributed by atoms with Gasteiger partial charge in [-0.1, -0.05) is 84.9 Å². The molecule has 4 aromatic carbocycles. The van der Waals surface area contributed by atoms with Crippen LogP contribution in [-0.2, 0) is 18.6 Å². The first-order valence-electron chi connectivity index (χ1n) is 16.1. The van der Waals surface area contributed by atoms with Crippen LogP contribution in [0.5, 0.6) is 0 Å². The van der Waals surface area contributed by atoms with Crippen molar-refractivity contribution >= 4 is 54.0 Å². The highest BCUT2D eigenvalue weighted by Crippen LogP contribution is 2.37. The van der Waals surface area contributed by atoms with Crippen LogP contribution in [-0.4, -0.2) is 44.7 Å². The third kappa shape index (κ3) is 5.37. The molecule has 236 valence electrons. The Morgan fingerprint density at radius 3 is 1.09 bits per heavy atom. The number of hydrogen-bond acceptors (Lipinski definition) is 6. The van der Waals surface area contributed by atoms with E-state index in [9.17, 15) is 10.5 Å². The first-order chi connectivity index (χ1) is 22.2. The predicted molar refractivity (Wildman–Crippen MR) is 191 cm³/mol. The Labute approximate surface area is 280 Å². The number of benzene rings is 4. The quantitative estimate of drug-likeness (QED) is 0.238. The minimum absolute atomic E-state index is 0.499. The van der Waals surface area contributed by atoms with Gasteiger partial charge in [-0.2, -0.15) is 10.5 Å². The van der Waals surface area contributed by atoms with Gasteiger partial charge >= 0.3 is 14.2 Å². The van der Waals surface area contributed by atoms with E-state index < -0.39 is 44.7 Å². The fourth-order valence-corrected chi connectivity index (χ4v) is 11.3. The molecular formula is C38H40B2N2O4Si. The molecule has 0 N–H and O–H groups in total. The summed E-state index contributed by atoms with van der Waals surface area (Å²) in [7, 11) is -4.44. The van der Waals surface area contributed by atoms with Gasteiger partial charge in [-0.05, 0) is 88.3 Å². The highest BCUT2D eigenvalue weighted by molar-refractivity contribution is 7.20. The van der Waals surface area contributed by atoms with E-state index in [2.05, 4.69) is 48.5 Å². The van der Waals surface area contributed by atoms with Crippen LogP contribution in [0.25, 0.3) is 0 Å². The molecule has 9 heteroatoms. The summed E-state index contributed by atoms with van der Waals surface area (Å²) in [5.41, 5.74) is 0.244. The molecule has 0 bridgehead atoms. The summed E-state index contributed by atoms with van der Waals surface area (Å²) in [6.45, 7) is 16.1. The lowest BCUT2D eigenvalue weighted by molar-refractivity contribution is 0.00578. The average molecular weight is 638 g/mol. The Morgan fingerprint density at radius 2 is 0.787 bits per heavy atom. The molecule has 0 atom stereocenters. The number of rotatable bonds is 6. The van der Waals surface area contributed by atoms with Gasteiger partial charge in [0.05, 0.1) is 45.7 Å². The van der Waals surface area contributed by atoms with Gasteiger partial charge in [0, 0.05) is 10.9 Å². The van der Waals surface area contributed by atoms with Crippen LogP contribution in [0.3, 0.4) is 0 Å². The zero-order valence-electron chi connectivity index (χ0n) is 28.4. The summed E-state index contributed by atoms with van der Waals surface area (Å²) in [5.74, 6) is 0. The average Bonchev–Trinajstić information content (AvgIpc) is 3.41. The molecule has 6 nitrogen and oxygen atoms in total. The van der Waals surface area contributed by atoms with E-state index >= 15 is 0 Å². The minimum Gasteiger partial charge on any atom is -0.399 e. The van der Waals surface area contributed by atoms with Crippen LogP contribution in [0.4, 0.5) is 0 Å². The molecule has 2 aliphatic heterocycles. The fourth-order valence-electron chi connectivity index (χ4n) is 6.50. The van der Waals surface area contributed by atoms with Crippen molar-refractivity contribution in [3.8, 4) is 12.1 Å². The second-order valence-electron chi connectivity index (χ2n) is 14.5. The summed E-state index contributed by atoms with van der Waals surface area (Å²) < 4.78 is 25.5. The maximum Gasteiger partial charge on any atom is 0.496 e. The SMILES string of the molecule is CC1(C)OB(c2ccc([Si](c3ccccc3)(c3ccccc3)c3ccc(B4OC(C)(C)C(C)(C)O4)c(C#N)c3)cc2C#N)OC1(C)C. The molecular weight excluding hydrogens is 598 g/mol. The molecule has 0 unspecified atom stereocenters. The first-order valence-corrected chi connectivity index (χ1v) is 18.1. The zero-order valence-corrected chi connectivity index (χ0v) is 29.4. The Balaban J connectivity index is 1.58. The Kier molecular flexibility index (Phi) is 8.16. The maximum absolute atomic E-state index is 10.5. The number of hydrogen-bond donors (Lipinski definition) is 0. The van der Waals surface area contributed by atoms with Gasteiger partial charge in [0.1, 0.15) is 0 Å². The predicted octanol–water partition coefficient (Wildman–Crippen LogP) is 3.41. The lowest BCUT2D eigenvalue weighted by Crippen LogP contribution is -2.75. The van der Waals surface area contributed by atoms with Crippen molar-refractivity contribution in [1.82, 2.24) is 0 Å². The van der Waals surface area contributed by atoms with Crippen molar-refractivity contribution in [3.63, 3.8) is 0 Å². The summed E-state index contributed by atoms with van der Waals surface area (Å²) in [5, 5.41) is 25.4. The van der Waals surface area contributed by atoms with Crippen LogP contribution < -0.4 is 31.7 Å². The Bertz CT molecular complexity index is 1730. The highest BCUT2D eigenvalue weighted by Gasteiger charge is 2.54. The Morgan fingerprint density at radius 1 is 0.468 bits per heavy atom. The lowest BCUT2D eigenvalue weighted by atomic mass is 9.76. The van der Waals surface area contributed by atoms with E-state index in [0.29, 0.717) is 22.1 Å². The van der Waals surface area contributed by atoms with Crippen molar-refractivity contribution in [1.29, 1.82) is 10.5 Å². The van der Waals surface area contributed by atoms with Crippen molar-refractivity contribution < 1.29 is 18.6 Å². The number of nitriles is 2. The second kappa shape index (κ2) is 11.6. The molecule has 2 saturated heterocycles. The summed E-state index contributed by atoms with van der Waals surface area (Å²) in [6, 6.07) is 37.9. The third-order valence-corrected chi connectivity index (χ3v) is 15.4. The van der Waals surface area contributed by atoms with E-state index in [1.54, 1.807) is 0 Å². The third-order valence-electron chi connectivity index (χ3n) is 10.6. The monoisotopic (exact) mass is 638 g/mol. The van der Waals surface area contributed by atoms with E-state index in [0.717, 1.165) is 20.7 Å². The van der Waals surface area contributed by atoms with Gasteiger partial charge in [-0.15, -0.1) is 0 Å². The summed E-state index contributed by atoms with van der Waals surface area (Å²) in [4.78, 5) is 0. The number of nitrogens with zero attached hydrogens (tertiary/aromatic N) is 2. The van der Waals surface area contributed by atoms with Gasteiger partial charge in [-0.3, -0.25) is 0 Å².